The zero-order valence-corrected chi connectivity index (χ0v) is 16.8. The molecule has 0 saturated carbocycles. The fourth-order valence-corrected chi connectivity index (χ4v) is 2.27. The van der Waals surface area contributed by atoms with Crippen molar-refractivity contribution in [2.75, 3.05) is 5.32 Å². The summed E-state index contributed by atoms with van der Waals surface area (Å²) in [5.41, 5.74) is -0.111. The Balaban J connectivity index is 2.43. The lowest BCUT2D eigenvalue weighted by atomic mass is 9.88. The molecule has 0 aliphatic carbocycles. The lowest BCUT2D eigenvalue weighted by Crippen LogP contribution is -2.46. The fourth-order valence-electron chi connectivity index (χ4n) is 2.27. The van der Waals surface area contributed by atoms with Crippen LogP contribution in [0.1, 0.15) is 41.5 Å². The summed E-state index contributed by atoms with van der Waals surface area (Å²) >= 11 is 0. The minimum Gasteiger partial charge on any atom is -0.419 e. The zero-order chi connectivity index (χ0) is 21.3. The molecule has 9 nitrogen and oxygen atoms in total. The van der Waals surface area contributed by atoms with Crippen molar-refractivity contribution in [1.29, 1.82) is 0 Å². The molecule has 1 fully saturated rings. The van der Waals surface area contributed by atoms with Crippen LogP contribution < -0.4 is 10.6 Å². The molecule has 1 heterocycles. The molecule has 2 rings (SSSR count). The van der Waals surface area contributed by atoms with E-state index in [2.05, 4.69) is 10.6 Å². The highest BCUT2D eigenvalue weighted by Crippen LogP contribution is 2.27. The van der Waals surface area contributed by atoms with Gasteiger partial charge in [-0.1, -0.05) is 20.8 Å². The molecule has 28 heavy (non-hydrogen) atoms. The van der Waals surface area contributed by atoms with Gasteiger partial charge in [-0.25, -0.2) is 9.59 Å². The first-order valence-corrected chi connectivity index (χ1v) is 8.79. The van der Waals surface area contributed by atoms with Crippen LogP contribution in [0.15, 0.2) is 35.7 Å². The molecule has 152 valence electrons. The Morgan fingerprint density at radius 2 is 1.61 bits per heavy atom. The zero-order valence-electron chi connectivity index (χ0n) is 16.8. The van der Waals surface area contributed by atoms with Gasteiger partial charge < -0.3 is 20.1 Å². The van der Waals surface area contributed by atoms with Crippen molar-refractivity contribution in [3.05, 3.63) is 45.8 Å². The number of cyclic esters (lactones) is 2. The summed E-state index contributed by atoms with van der Waals surface area (Å²) in [6.07, 6.45) is 0. The number of ether oxygens (including phenoxy) is 2. The number of nitrogens with one attached hydrogen (secondary N) is 2. The molecule has 1 atom stereocenters. The molecular formula is C19H25N3O6. The van der Waals surface area contributed by atoms with E-state index in [-0.39, 0.29) is 28.5 Å². The van der Waals surface area contributed by atoms with Gasteiger partial charge in [0.05, 0.1) is 4.92 Å². The number of nitrogens with zero attached hydrogens (tertiary/aromatic N) is 1. The van der Waals surface area contributed by atoms with Crippen LogP contribution in [-0.2, 0) is 19.1 Å². The summed E-state index contributed by atoms with van der Waals surface area (Å²) in [4.78, 5) is 35.3. The van der Waals surface area contributed by atoms with Gasteiger partial charge in [0.15, 0.2) is 5.57 Å². The summed E-state index contributed by atoms with van der Waals surface area (Å²) in [5.74, 6) is -2.88. The first-order valence-electron chi connectivity index (χ1n) is 8.79. The second-order valence-corrected chi connectivity index (χ2v) is 8.09. The molecule has 1 aromatic rings. The number of rotatable bonds is 5. The molecule has 1 aliphatic rings. The van der Waals surface area contributed by atoms with E-state index in [4.69, 9.17) is 9.47 Å². The fraction of sp³-hybridized carbons (Fsp3) is 0.474. The van der Waals surface area contributed by atoms with E-state index < -0.39 is 22.6 Å². The van der Waals surface area contributed by atoms with E-state index in [1.807, 2.05) is 27.7 Å². The van der Waals surface area contributed by atoms with Crippen molar-refractivity contribution in [1.82, 2.24) is 5.32 Å². The van der Waals surface area contributed by atoms with E-state index in [1.54, 1.807) is 0 Å². The third-order valence-electron chi connectivity index (χ3n) is 4.34. The third kappa shape index (κ3) is 4.99. The van der Waals surface area contributed by atoms with Gasteiger partial charge >= 0.3 is 11.9 Å². The molecular weight excluding hydrogens is 366 g/mol. The number of carbonyl (C=O) groups excluding carboxylic acids is 2. The Morgan fingerprint density at radius 1 is 1.11 bits per heavy atom. The maximum atomic E-state index is 12.5. The number of carbonyl (C=O) groups is 2. The molecule has 1 unspecified atom stereocenters. The number of nitro benzene ring substituents is 1. The Kier molecular flexibility index (Phi) is 5.67. The normalized spacial score (nSPS) is 17.3. The molecule has 0 bridgehead atoms. The van der Waals surface area contributed by atoms with Crippen molar-refractivity contribution >= 4 is 23.3 Å². The standard InChI is InChI=1S/C19H25N3O6/c1-11(18(2,3)4)20-15(14-16(23)27-19(5,6)28-17(14)24)21-12-7-9-13(10-8-12)22(25)26/h7-11,20-21H,1-6H3. The van der Waals surface area contributed by atoms with E-state index in [0.717, 1.165) is 0 Å². The second kappa shape index (κ2) is 7.49. The van der Waals surface area contributed by atoms with Crippen LogP contribution in [0.4, 0.5) is 11.4 Å². The maximum Gasteiger partial charge on any atom is 0.352 e. The summed E-state index contributed by atoms with van der Waals surface area (Å²) in [7, 11) is 0. The van der Waals surface area contributed by atoms with Gasteiger partial charge in [0.25, 0.3) is 11.5 Å². The summed E-state index contributed by atoms with van der Waals surface area (Å²) in [6, 6.07) is 5.45. The van der Waals surface area contributed by atoms with Crippen LogP contribution in [0.2, 0.25) is 0 Å². The number of non-ortho nitro benzene ring substituents is 1. The predicted octanol–water partition coefficient (Wildman–Crippen LogP) is 3.08. The Hall–Kier alpha value is -3.10. The number of anilines is 1. The SMILES string of the molecule is CC(NC(Nc1ccc([N+](=O)[O-])cc1)=C1C(=O)OC(C)(C)OC1=O)C(C)(C)C. The third-order valence-corrected chi connectivity index (χ3v) is 4.34. The van der Waals surface area contributed by atoms with Gasteiger partial charge in [-0.15, -0.1) is 0 Å². The van der Waals surface area contributed by atoms with Gasteiger partial charge in [0.1, 0.15) is 5.82 Å². The van der Waals surface area contributed by atoms with Crippen LogP contribution in [0.25, 0.3) is 0 Å². The molecule has 1 aromatic carbocycles. The van der Waals surface area contributed by atoms with Crippen molar-refractivity contribution in [2.24, 2.45) is 5.41 Å². The van der Waals surface area contributed by atoms with E-state index in [0.29, 0.717) is 5.69 Å². The molecule has 2 N–H and O–H groups in total. The molecule has 1 saturated heterocycles. The molecule has 9 heteroatoms. The molecule has 1 aliphatic heterocycles. The quantitative estimate of drug-likeness (QED) is 0.258. The summed E-state index contributed by atoms with van der Waals surface area (Å²) in [6.45, 7) is 10.8. The molecule has 0 amide bonds. The van der Waals surface area contributed by atoms with Crippen LogP contribution in [0.5, 0.6) is 0 Å². The summed E-state index contributed by atoms with van der Waals surface area (Å²) < 4.78 is 10.4. The van der Waals surface area contributed by atoms with Crippen molar-refractivity contribution < 1.29 is 24.0 Å². The smallest absolute Gasteiger partial charge is 0.352 e. The largest absolute Gasteiger partial charge is 0.419 e. The van der Waals surface area contributed by atoms with Crippen molar-refractivity contribution in [3.8, 4) is 0 Å². The van der Waals surface area contributed by atoms with Crippen molar-refractivity contribution in [2.45, 2.75) is 53.4 Å². The second-order valence-electron chi connectivity index (χ2n) is 8.09. The van der Waals surface area contributed by atoms with Gasteiger partial charge in [0, 0.05) is 37.7 Å². The number of nitro groups is 1. The van der Waals surface area contributed by atoms with E-state index in [1.165, 1.54) is 38.1 Å². The van der Waals surface area contributed by atoms with Crippen LogP contribution in [-0.4, -0.2) is 28.7 Å². The van der Waals surface area contributed by atoms with Crippen molar-refractivity contribution in [3.63, 3.8) is 0 Å². The highest BCUT2D eigenvalue weighted by Gasteiger charge is 2.41. The van der Waals surface area contributed by atoms with Crippen LogP contribution in [0, 0.1) is 15.5 Å². The molecule has 0 spiro atoms. The van der Waals surface area contributed by atoms with Gasteiger partial charge in [0.2, 0.25) is 0 Å². The average molecular weight is 391 g/mol. The number of hydrogen-bond donors (Lipinski definition) is 2. The highest BCUT2D eigenvalue weighted by atomic mass is 16.7. The van der Waals surface area contributed by atoms with Gasteiger partial charge in [-0.3, -0.25) is 10.1 Å². The molecule has 0 aromatic heterocycles. The lowest BCUT2D eigenvalue weighted by molar-refractivity contribution is -0.384. The number of benzene rings is 1. The first kappa shape index (κ1) is 21.2. The minimum atomic E-state index is -1.36. The van der Waals surface area contributed by atoms with Gasteiger partial charge in [-0.2, -0.15) is 0 Å². The Bertz CT molecular complexity index is 799. The number of hydrogen-bond acceptors (Lipinski definition) is 8. The monoisotopic (exact) mass is 391 g/mol. The molecule has 0 radical (unpaired) electrons. The average Bonchev–Trinajstić information content (AvgIpc) is 2.52. The maximum absolute atomic E-state index is 12.5. The van der Waals surface area contributed by atoms with E-state index in [9.17, 15) is 19.7 Å². The minimum absolute atomic E-state index is 0.0750. The predicted molar refractivity (Wildman–Crippen MR) is 102 cm³/mol. The lowest BCUT2D eigenvalue weighted by Gasteiger charge is -2.34. The highest BCUT2D eigenvalue weighted by molar-refractivity contribution is 6.16. The number of esters is 2. The topological polar surface area (TPSA) is 120 Å². The van der Waals surface area contributed by atoms with E-state index >= 15 is 0 Å². The first-order chi connectivity index (χ1) is 12.8. The summed E-state index contributed by atoms with van der Waals surface area (Å²) in [5, 5.41) is 16.9. The Morgan fingerprint density at radius 3 is 2.04 bits per heavy atom. The van der Waals surface area contributed by atoms with Crippen LogP contribution in [0.3, 0.4) is 0 Å². The Labute approximate surface area is 163 Å². The van der Waals surface area contributed by atoms with Crippen LogP contribution >= 0.6 is 0 Å². The van der Waals surface area contributed by atoms with Gasteiger partial charge in [-0.05, 0) is 24.5 Å².